The van der Waals surface area contributed by atoms with Crippen molar-refractivity contribution in [3.05, 3.63) is 57.1 Å². The van der Waals surface area contributed by atoms with Crippen molar-refractivity contribution in [1.29, 1.82) is 0 Å². The van der Waals surface area contributed by atoms with Crippen molar-refractivity contribution in [3.8, 4) is 23.3 Å². The van der Waals surface area contributed by atoms with E-state index < -0.39 is 0 Å². The summed E-state index contributed by atoms with van der Waals surface area (Å²) in [5.74, 6) is 6.07. The first-order chi connectivity index (χ1) is 13.3. The van der Waals surface area contributed by atoms with Gasteiger partial charge in [-0.2, -0.15) is 0 Å². The lowest BCUT2D eigenvalue weighted by Crippen LogP contribution is -2.29. The normalized spacial score (nSPS) is 10.4. The highest BCUT2D eigenvalue weighted by Gasteiger charge is 2.13. The van der Waals surface area contributed by atoms with E-state index in [1.807, 2.05) is 26.0 Å². The highest BCUT2D eigenvalue weighted by Crippen LogP contribution is 2.33. The number of ether oxygens (including phenoxy) is 1. The number of benzene rings is 2. The predicted molar refractivity (Wildman–Crippen MR) is 113 cm³/mol. The van der Waals surface area contributed by atoms with E-state index in [9.17, 15) is 9.90 Å². The predicted octanol–water partition coefficient (Wildman–Crippen LogP) is 4.93. The Morgan fingerprint density at radius 3 is 2.50 bits per heavy atom. The smallest absolute Gasteiger partial charge is 0.258 e. The van der Waals surface area contributed by atoms with Gasteiger partial charge < -0.3 is 15.2 Å². The van der Waals surface area contributed by atoms with E-state index in [-0.39, 0.29) is 30.7 Å². The van der Waals surface area contributed by atoms with Crippen LogP contribution in [0.4, 0.5) is 0 Å². The number of hydrogen-bond acceptors (Lipinski definition) is 3. The number of nitrogens with one attached hydrogen (secondary N) is 1. The van der Waals surface area contributed by atoms with Gasteiger partial charge in [0.25, 0.3) is 5.91 Å². The third-order valence-electron chi connectivity index (χ3n) is 4.13. The molecule has 148 valence electrons. The number of halogens is 2. The molecule has 0 unspecified atom stereocenters. The number of rotatable bonds is 7. The van der Waals surface area contributed by atoms with E-state index >= 15 is 0 Å². The molecule has 1 amide bonds. The Bertz CT molecular complexity index is 891. The molecule has 0 saturated carbocycles. The number of amides is 1. The van der Waals surface area contributed by atoms with Crippen molar-refractivity contribution in [2.75, 3.05) is 13.2 Å². The van der Waals surface area contributed by atoms with Gasteiger partial charge in [0, 0.05) is 16.5 Å². The van der Waals surface area contributed by atoms with Crippen molar-refractivity contribution >= 4 is 29.1 Å². The quantitative estimate of drug-likeness (QED) is 0.625. The van der Waals surface area contributed by atoms with E-state index in [4.69, 9.17) is 27.9 Å². The lowest BCUT2D eigenvalue weighted by Gasteiger charge is -2.14. The van der Waals surface area contributed by atoms with Crippen LogP contribution in [0.5, 0.6) is 11.5 Å². The zero-order chi connectivity index (χ0) is 20.7. The van der Waals surface area contributed by atoms with Crippen LogP contribution in [-0.2, 0) is 11.2 Å². The second-order valence-electron chi connectivity index (χ2n) is 6.58. The molecule has 0 atom stereocenters. The maximum atomic E-state index is 11.7. The fraction of sp³-hybridized carbons (Fsp3) is 0.318. The molecule has 0 radical (unpaired) electrons. The number of phenolic OH excluding ortho intramolecular Hbond substituents is 1. The van der Waals surface area contributed by atoms with Gasteiger partial charge in [0.05, 0.1) is 6.54 Å². The maximum Gasteiger partial charge on any atom is 0.258 e. The van der Waals surface area contributed by atoms with Crippen LogP contribution >= 0.6 is 23.2 Å². The van der Waals surface area contributed by atoms with Crippen LogP contribution < -0.4 is 10.1 Å². The first kappa shape index (κ1) is 21.9. The van der Waals surface area contributed by atoms with Gasteiger partial charge in [0.15, 0.2) is 6.61 Å². The lowest BCUT2D eigenvalue weighted by molar-refractivity contribution is -0.122. The molecule has 6 heteroatoms. The molecule has 0 aliphatic heterocycles. The van der Waals surface area contributed by atoms with Gasteiger partial charge in [-0.1, -0.05) is 55.1 Å². The minimum absolute atomic E-state index is 0.146. The molecule has 0 aliphatic rings. The second-order valence-corrected chi connectivity index (χ2v) is 7.40. The molecule has 0 saturated heterocycles. The van der Waals surface area contributed by atoms with Crippen LogP contribution in [0.25, 0.3) is 0 Å². The highest BCUT2D eigenvalue weighted by atomic mass is 35.5. The Labute approximate surface area is 175 Å². The number of hydrogen-bond donors (Lipinski definition) is 2. The van der Waals surface area contributed by atoms with Crippen LogP contribution in [0.2, 0.25) is 10.0 Å². The van der Waals surface area contributed by atoms with E-state index in [2.05, 4.69) is 17.2 Å². The van der Waals surface area contributed by atoms with Crippen molar-refractivity contribution in [3.63, 3.8) is 0 Å². The first-order valence-corrected chi connectivity index (χ1v) is 9.66. The molecule has 2 aromatic carbocycles. The van der Waals surface area contributed by atoms with Crippen LogP contribution in [0.15, 0.2) is 30.3 Å². The van der Waals surface area contributed by atoms with Gasteiger partial charge in [-0.05, 0) is 47.7 Å². The Morgan fingerprint density at radius 1 is 1.21 bits per heavy atom. The Balaban J connectivity index is 2.10. The minimum Gasteiger partial charge on any atom is -0.508 e. The largest absolute Gasteiger partial charge is 0.508 e. The monoisotopic (exact) mass is 419 g/mol. The fourth-order valence-electron chi connectivity index (χ4n) is 2.64. The molecule has 0 aromatic heterocycles. The minimum atomic E-state index is -0.274. The van der Waals surface area contributed by atoms with Crippen molar-refractivity contribution in [1.82, 2.24) is 5.32 Å². The van der Waals surface area contributed by atoms with Gasteiger partial charge in [-0.3, -0.25) is 4.79 Å². The van der Waals surface area contributed by atoms with Crippen LogP contribution in [-0.4, -0.2) is 24.2 Å². The van der Waals surface area contributed by atoms with Crippen molar-refractivity contribution in [2.45, 2.75) is 33.1 Å². The summed E-state index contributed by atoms with van der Waals surface area (Å²) in [6.07, 6.45) is 0.522. The average Bonchev–Trinajstić information content (AvgIpc) is 2.64. The van der Waals surface area contributed by atoms with Gasteiger partial charge in [0.2, 0.25) is 0 Å². The molecular weight excluding hydrogens is 397 g/mol. The molecule has 0 bridgehead atoms. The average molecular weight is 420 g/mol. The summed E-state index contributed by atoms with van der Waals surface area (Å²) in [4.78, 5) is 11.7. The lowest BCUT2D eigenvalue weighted by atomic mass is 9.96. The van der Waals surface area contributed by atoms with E-state index in [0.29, 0.717) is 22.2 Å². The molecule has 2 rings (SSSR count). The molecule has 28 heavy (non-hydrogen) atoms. The van der Waals surface area contributed by atoms with Crippen LogP contribution in [0.3, 0.4) is 0 Å². The first-order valence-electron chi connectivity index (χ1n) is 8.90. The number of aromatic hydroxyl groups is 1. The van der Waals surface area contributed by atoms with Gasteiger partial charge >= 0.3 is 0 Å². The van der Waals surface area contributed by atoms with Crippen LogP contribution in [0, 0.1) is 11.8 Å². The summed E-state index contributed by atoms with van der Waals surface area (Å²) >= 11 is 12.8. The summed E-state index contributed by atoms with van der Waals surface area (Å²) in [5, 5.41) is 13.5. The summed E-state index contributed by atoms with van der Waals surface area (Å²) in [6, 6.07) is 8.78. The van der Waals surface area contributed by atoms with Gasteiger partial charge in [-0.25, -0.2) is 0 Å². The fourth-order valence-corrected chi connectivity index (χ4v) is 3.24. The zero-order valence-electron chi connectivity index (χ0n) is 16.1. The third-order valence-corrected chi connectivity index (χ3v) is 4.80. The van der Waals surface area contributed by atoms with Crippen molar-refractivity contribution < 1.29 is 14.6 Å². The topological polar surface area (TPSA) is 58.6 Å². The summed E-state index contributed by atoms with van der Waals surface area (Å²) < 4.78 is 5.47. The number of phenols is 1. The Kier molecular flexibility index (Phi) is 8.04. The Hall–Kier alpha value is -2.35. The molecule has 0 aliphatic carbocycles. The van der Waals surface area contributed by atoms with Gasteiger partial charge in [0.1, 0.15) is 11.5 Å². The number of carbonyl (C=O) groups is 1. The maximum absolute atomic E-state index is 11.7. The van der Waals surface area contributed by atoms with E-state index in [1.54, 1.807) is 25.1 Å². The summed E-state index contributed by atoms with van der Waals surface area (Å²) in [7, 11) is 0. The second kappa shape index (κ2) is 10.3. The molecular formula is C22H23Cl2NO3. The zero-order valence-corrected chi connectivity index (χ0v) is 17.6. The van der Waals surface area contributed by atoms with Crippen molar-refractivity contribution in [2.24, 2.45) is 0 Å². The van der Waals surface area contributed by atoms with E-state index in [0.717, 1.165) is 16.7 Å². The molecule has 0 heterocycles. The molecule has 2 aromatic rings. The summed E-state index contributed by atoms with van der Waals surface area (Å²) in [5.41, 5.74) is 2.64. The van der Waals surface area contributed by atoms with Crippen LogP contribution in [0.1, 0.15) is 43.4 Å². The number of carbonyl (C=O) groups excluding carboxylic acids is 1. The van der Waals surface area contributed by atoms with Gasteiger partial charge in [-0.15, -0.1) is 5.92 Å². The van der Waals surface area contributed by atoms with E-state index in [1.165, 1.54) is 0 Å². The highest BCUT2D eigenvalue weighted by molar-refractivity contribution is 6.36. The molecule has 0 fully saturated rings. The SMILES string of the molecule is CC#CCNC(=O)COc1cc(Cl)c(Cc2ccc(O)c(C(C)C)c2)c(Cl)c1. The summed E-state index contributed by atoms with van der Waals surface area (Å²) in [6.45, 7) is 5.89. The molecule has 2 N–H and O–H groups in total. The molecule has 4 nitrogen and oxygen atoms in total. The Morgan fingerprint density at radius 2 is 1.89 bits per heavy atom. The standard InChI is InChI=1S/C22H23Cl2NO3/c1-4-5-8-25-22(27)13-28-16-11-19(23)18(20(24)12-16)10-15-6-7-21(26)17(9-15)14(2)3/h6-7,9,11-12,14,26H,8,10,13H2,1-3H3,(H,25,27). The molecule has 0 spiro atoms. The third kappa shape index (κ3) is 6.09.